The molecule has 1 aliphatic rings. The Morgan fingerprint density at radius 1 is 1.32 bits per heavy atom. The topological polar surface area (TPSA) is 56.0 Å². The second-order valence-corrected chi connectivity index (χ2v) is 5.27. The lowest BCUT2D eigenvalue weighted by Gasteiger charge is -2.36. The maximum absolute atomic E-state index is 13.7. The number of nitriles is 1. The van der Waals surface area contributed by atoms with E-state index in [0.29, 0.717) is 17.7 Å². The minimum Gasteiger partial charge on any atom is -0.394 e. The zero-order chi connectivity index (χ0) is 13.7. The summed E-state index contributed by atoms with van der Waals surface area (Å²) < 4.78 is 13.7. The lowest BCUT2D eigenvalue weighted by molar-refractivity contribution is 0.119. The fourth-order valence-corrected chi connectivity index (χ4v) is 2.68. The van der Waals surface area contributed by atoms with Gasteiger partial charge in [-0.1, -0.05) is 19.3 Å². The van der Waals surface area contributed by atoms with Gasteiger partial charge in [-0.3, -0.25) is 0 Å². The van der Waals surface area contributed by atoms with Crippen LogP contribution in [0.1, 0.15) is 43.2 Å². The molecule has 0 amide bonds. The first kappa shape index (κ1) is 14.0. The Kier molecular flexibility index (Phi) is 4.52. The van der Waals surface area contributed by atoms with Crippen LogP contribution in [0.25, 0.3) is 0 Å². The quantitative estimate of drug-likeness (QED) is 0.876. The highest BCUT2D eigenvalue weighted by molar-refractivity contribution is 5.33. The molecule has 2 N–H and O–H groups in total. The van der Waals surface area contributed by atoms with Crippen LogP contribution in [0.5, 0.6) is 0 Å². The van der Waals surface area contributed by atoms with Crippen molar-refractivity contribution in [1.29, 1.82) is 5.26 Å². The molecule has 102 valence electrons. The second kappa shape index (κ2) is 6.14. The average molecular weight is 262 g/mol. The predicted octanol–water partition coefficient (Wildman–Crippen LogP) is 2.48. The van der Waals surface area contributed by atoms with Crippen molar-refractivity contribution in [3.8, 4) is 6.07 Å². The molecule has 0 saturated heterocycles. The molecule has 0 unspecified atom stereocenters. The number of hydrogen-bond acceptors (Lipinski definition) is 3. The molecule has 0 radical (unpaired) electrons. The highest BCUT2D eigenvalue weighted by atomic mass is 19.1. The van der Waals surface area contributed by atoms with E-state index in [9.17, 15) is 9.50 Å². The highest BCUT2D eigenvalue weighted by Gasteiger charge is 2.30. The van der Waals surface area contributed by atoms with Crippen molar-refractivity contribution in [2.24, 2.45) is 0 Å². The summed E-state index contributed by atoms with van der Waals surface area (Å²) in [5, 5.41) is 21.7. The van der Waals surface area contributed by atoms with Gasteiger partial charge in [-0.15, -0.1) is 0 Å². The van der Waals surface area contributed by atoms with Crippen LogP contribution < -0.4 is 5.32 Å². The van der Waals surface area contributed by atoms with Crippen molar-refractivity contribution in [3.05, 3.63) is 35.1 Å². The van der Waals surface area contributed by atoms with E-state index >= 15 is 0 Å². The SMILES string of the molecule is N#Cc1ccc(F)c(CNC2(CO)CCCCC2)c1. The molecule has 1 fully saturated rings. The first-order chi connectivity index (χ1) is 9.19. The fourth-order valence-electron chi connectivity index (χ4n) is 2.68. The maximum Gasteiger partial charge on any atom is 0.127 e. The fraction of sp³-hybridized carbons (Fsp3) is 0.533. The molecule has 19 heavy (non-hydrogen) atoms. The number of hydrogen-bond donors (Lipinski definition) is 2. The van der Waals surface area contributed by atoms with E-state index < -0.39 is 0 Å². The lowest BCUT2D eigenvalue weighted by Crippen LogP contribution is -2.49. The molecular weight excluding hydrogens is 243 g/mol. The molecule has 0 heterocycles. The lowest BCUT2D eigenvalue weighted by atomic mass is 9.82. The number of halogens is 1. The number of nitrogens with one attached hydrogen (secondary N) is 1. The third kappa shape index (κ3) is 3.31. The van der Waals surface area contributed by atoms with Crippen LogP contribution in [-0.2, 0) is 6.54 Å². The van der Waals surface area contributed by atoms with Crippen molar-refractivity contribution in [3.63, 3.8) is 0 Å². The molecule has 0 bridgehead atoms. The van der Waals surface area contributed by atoms with Gasteiger partial charge in [-0.2, -0.15) is 5.26 Å². The molecule has 1 aromatic rings. The smallest absolute Gasteiger partial charge is 0.127 e. The van der Waals surface area contributed by atoms with Crippen LogP contribution in [-0.4, -0.2) is 17.3 Å². The first-order valence-electron chi connectivity index (χ1n) is 6.73. The van der Waals surface area contributed by atoms with Gasteiger partial charge in [0, 0.05) is 17.6 Å². The summed E-state index contributed by atoms with van der Waals surface area (Å²) in [5.41, 5.74) is 0.658. The minimum atomic E-state index is -0.310. The standard InChI is InChI=1S/C15H19FN2O/c16-14-5-4-12(9-17)8-13(14)10-18-15(11-19)6-2-1-3-7-15/h4-5,8,18-19H,1-3,6-7,10-11H2. The minimum absolute atomic E-state index is 0.0760. The van der Waals surface area contributed by atoms with Crippen molar-refractivity contribution >= 4 is 0 Å². The molecule has 2 rings (SSSR count). The molecule has 4 heteroatoms. The third-order valence-electron chi connectivity index (χ3n) is 3.94. The number of aliphatic hydroxyl groups is 1. The summed E-state index contributed by atoms with van der Waals surface area (Å²) in [6.07, 6.45) is 5.22. The Balaban J connectivity index is 2.07. The summed E-state index contributed by atoms with van der Waals surface area (Å²) in [6.45, 7) is 0.425. The molecule has 0 spiro atoms. The number of aliphatic hydroxyl groups excluding tert-OH is 1. The number of benzene rings is 1. The number of rotatable bonds is 4. The van der Waals surface area contributed by atoms with Gasteiger partial charge in [0.2, 0.25) is 0 Å². The second-order valence-electron chi connectivity index (χ2n) is 5.27. The zero-order valence-electron chi connectivity index (χ0n) is 11.0. The Morgan fingerprint density at radius 3 is 2.68 bits per heavy atom. The predicted molar refractivity (Wildman–Crippen MR) is 70.9 cm³/mol. The molecule has 0 aliphatic heterocycles. The maximum atomic E-state index is 13.7. The Labute approximate surface area is 113 Å². The highest BCUT2D eigenvalue weighted by Crippen LogP contribution is 2.28. The van der Waals surface area contributed by atoms with Crippen LogP contribution in [0, 0.1) is 17.1 Å². The largest absolute Gasteiger partial charge is 0.394 e. The van der Waals surface area contributed by atoms with E-state index in [0.717, 1.165) is 25.7 Å². The van der Waals surface area contributed by atoms with E-state index in [4.69, 9.17) is 5.26 Å². The average Bonchev–Trinajstić information content (AvgIpc) is 2.47. The van der Waals surface area contributed by atoms with Gasteiger partial charge in [0.05, 0.1) is 18.2 Å². The molecule has 1 aliphatic carbocycles. The van der Waals surface area contributed by atoms with E-state index in [2.05, 4.69) is 5.32 Å². The van der Waals surface area contributed by atoms with Crippen LogP contribution in [0.3, 0.4) is 0 Å². The Morgan fingerprint density at radius 2 is 2.05 bits per heavy atom. The molecule has 1 aromatic carbocycles. The van der Waals surface area contributed by atoms with E-state index in [1.54, 1.807) is 6.07 Å². The van der Waals surface area contributed by atoms with Crippen molar-refractivity contribution < 1.29 is 9.50 Å². The van der Waals surface area contributed by atoms with Gasteiger partial charge in [-0.05, 0) is 31.0 Å². The summed E-state index contributed by atoms with van der Waals surface area (Å²) in [7, 11) is 0. The Hall–Kier alpha value is -1.44. The number of nitrogens with zero attached hydrogens (tertiary/aromatic N) is 1. The monoisotopic (exact) mass is 262 g/mol. The van der Waals surface area contributed by atoms with Gasteiger partial charge >= 0.3 is 0 Å². The summed E-state index contributed by atoms with van der Waals surface area (Å²) in [6, 6.07) is 6.37. The van der Waals surface area contributed by atoms with Crippen molar-refractivity contribution in [2.45, 2.75) is 44.2 Å². The summed E-state index contributed by atoms with van der Waals surface area (Å²) in [5.74, 6) is -0.310. The molecule has 0 aromatic heterocycles. The van der Waals surface area contributed by atoms with Crippen LogP contribution >= 0.6 is 0 Å². The van der Waals surface area contributed by atoms with Crippen molar-refractivity contribution in [1.82, 2.24) is 5.32 Å². The zero-order valence-corrected chi connectivity index (χ0v) is 11.0. The third-order valence-corrected chi connectivity index (χ3v) is 3.94. The van der Waals surface area contributed by atoms with Crippen LogP contribution in [0.4, 0.5) is 4.39 Å². The van der Waals surface area contributed by atoms with Gasteiger partial charge < -0.3 is 10.4 Å². The van der Waals surface area contributed by atoms with E-state index in [1.807, 2.05) is 6.07 Å². The van der Waals surface area contributed by atoms with Gasteiger partial charge in [0.15, 0.2) is 0 Å². The van der Waals surface area contributed by atoms with Crippen molar-refractivity contribution in [2.75, 3.05) is 6.61 Å². The van der Waals surface area contributed by atoms with Gasteiger partial charge in [-0.25, -0.2) is 4.39 Å². The van der Waals surface area contributed by atoms with Gasteiger partial charge in [0.25, 0.3) is 0 Å². The molecular formula is C15H19FN2O. The molecule has 1 saturated carbocycles. The van der Waals surface area contributed by atoms with E-state index in [1.165, 1.54) is 18.6 Å². The summed E-state index contributed by atoms with van der Waals surface area (Å²) >= 11 is 0. The van der Waals surface area contributed by atoms with Gasteiger partial charge in [0.1, 0.15) is 5.82 Å². The van der Waals surface area contributed by atoms with Crippen LogP contribution in [0.2, 0.25) is 0 Å². The van der Waals surface area contributed by atoms with Crippen LogP contribution in [0.15, 0.2) is 18.2 Å². The normalized spacial score (nSPS) is 17.9. The Bertz CT molecular complexity index is 476. The summed E-state index contributed by atoms with van der Waals surface area (Å²) in [4.78, 5) is 0. The van der Waals surface area contributed by atoms with E-state index in [-0.39, 0.29) is 18.0 Å². The molecule has 0 atom stereocenters. The molecule has 3 nitrogen and oxygen atoms in total. The first-order valence-corrected chi connectivity index (χ1v) is 6.73.